The third kappa shape index (κ3) is 7.92. The van der Waals surface area contributed by atoms with Crippen LogP contribution in [0.1, 0.15) is 43.1 Å². The van der Waals surface area contributed by atoms with Crippen molar-refractivity contribution < 1.29 is 24.2 Å². The van der Waals surface area contributed by atoms with Crippen LogP contribution < -0.4 is 26.6 Å². The fraction of sp³-hybridized carbons (Fsp3) is 0.333. The number of esters is 1. The molecular weight excluding hydrogens is 600 g/mol. The molecular formula is C33H37ClN4O7. The van der Waals surface area contributed by atoms with Gasteiger partial charge in [0, 0.05) is 20.0 Å². The SMILES string of the molecule is CCCNCCOc1ccc2c(c1)c(=O)n(-c1ccc(CC(NC(=O)c3c(O)cccc3Cl)C(=O)OC(C)C)cc1)c(=O)n2C. The number of halogens is 1. The molecule has 0 aliphatic heterocycles. The molecule has 0 spiro atoms. The number of benzene rings is 3. The number of nitrogens with zero attached hydrogens (tertiary/aromatic N) is 2. The van der Waals surface area contributed by atoms with Gasteiger partial charge >= 0.3 is 11.7 Å². The lowest BCUT2D eigenvalue weighted by atomic mass is 10.0. The number of rotatable bonds is 13. The summed E-state index contributed by atoms with van der Waals surface area (Å²) in [6.07, 6.45) is 0.607. The van der Waals surface area contributed by atoms with Gasteiger partial charge in [-0.05, 0) is 74.8 Å². The Kier molecular flexibility index (Phi) is 11.0. The number of amides is 1. The molecule has 3 aromatic carbocycles. The van der Waals surface area contributed by atoms with Crippen LogP contribution >= 0.6 is 11.6 Å². The lowest BCUT2D eigenvalue weighted by Crippen LogP contribution is -2.44. The number of hydrogen-bond donors (Lipinski definition) is 3. The molecule has 4 rings (SSSR count). The van der Waals surface area contributed by atoms with Crippen LogP contribution in [0.25, 0.3) is 16.6 Å². The number of phenolic OH excluding ortho intramolecular Hbond substituents is 1. The van der Waals surface area contributed by atoms with Gasteiger partial charge in [-0.15, -0.1) is 0 Å². The van der Waals surface area contributed by atoms with E-state index in [0.29, 0.717) is 41.1 Å². The second-order valence-electron chi connectivity index (χ2n) is 10.8. The van der Waals surface area contributed by atoms with Gasteiger partial charge in [0.1, 0.15) is 24.1 Å². The summed E-state index contributed by atoms with van der Waals surface area (Å²) in [6, 6.07) is 14.7. The Balaban J connectivity index is 1.61. The van der Waals surface area contributed by atoms with E-state index in [1.54, 1.807) is 63.4 Å². The first-order chi connectivity index (χ1) is 21.5. The number of carbonyl (C=O) groups is 2. The average Bonchev–Trinajstić information content (AvgIpc) is 3.00. The fourth-order valence-electron chi connectivity index (χ4n) is 4.79. The number of nitrogens with one attached hydrogen (secondary N) is 2. The minimum absolute atomic E-state index is 0.0258. The molecule has 0 aliphatic carbocycles. The van der Waals surface area contributed by atoms with E-state index in [1.165, 1.54) is 22.8 Å². The standard InChI is InChI=1S/C33H37ClN4O7/c1-5-15-35-16-17-44-23-13-14-27-24(19-23)31(41)38(33(43)37(27)4)22-11-9-21(10-12-22)18-26(32(42)45-20(2)3)36-30(40)29-25(34)7-6-8-28(29)39/h6-14,19-20,26,35,39H,5,15-18H2,1-4H3,(H,36,40). The summed E-state index contributed by atoms with van der Waals surface area (Å²) in [7, 11) is 1.59. The van der Waals surface area contributed by atoms with Crippen LogP contribution in [0.3, 0.4) is 0 Å². The zero-order valence-electron chi connectivity index (χ0n) is 25.6. The van der Waals surface area contributed by atoms with E-state index in [9.17, 15) is 24.3 Å². The average molecular weight is 637 g/mol. The minimum Gasteiger partial charge on any atom is -0.507 e. The molecule has 11 nitrogen and oxygen atoms in total. The number of phenols is 1. The van der Waals surface area contributed by atoms with Gasteiger partial charge in [-0.1, -0.05) is 36.7 Å². The van der Waals surface area contributed by atoms with Crippen LogP contribution in [-0.4, -0.2) is 58.0 Å². The van der Waals surface area contributed by atoms with Crippen molar-refractivity contribution in [1.82, 2.24) is 19.8 Å². The van der Waals surface area contributed by atoms with E-state index < -0.39 is 35.3 Å². The number of aryl methyl sites for hydroxylation is 1. The molecule has 0 aliphatic rings. The van der Waals surface area contributed by atoms with Gasteiger partial charge in [-0.25, -0.2) is 14.2 Å². The quantitative estimate of drug-likeness (QED) is 0.149. The highest BCUT2D eigenvalue weighted by molar-refractivity contribution is 6.34. The van der Waals surface area contributed by atoms with Gasteiger partial charge in [0.2, 0.25) is 0 Å². The van der Waals surface area contributed by atoms with Crippen LogP contribution in [-0.2, 0) is 23.0 Å². The Labute approximate surface area is 265 Å². The summed E-state index contributed by atoms with van der Waals surface area (Å²) < 4.78 is 13.6. The first-order valence-corrected chi connectivity index (χ1v) is 15.1. The number of hydrogen-bond acceptors (Lipinski definition) is 8. The van der Waals surface area contributed by atoms with Crippen LogP contribution in [0.15, 0.2) is 70.3 Å². The summed E-state index contributed by atoms with van der Waals surface area (Å²) >= 11 is 6.13. The van der Waals surface area contributed by atoms with Crippen molar-refractivity contribution in [2.45, 2.75) is 45.8 Å². The molecule has 4 aromatic rings. The van der Waals surface area contributed by atoms with Gasteiger partial charge in [0.05, 0.1) is 33.3 Å². The molecule has 0 saturated heterocycles. The molecule has 12 heteroatoms. The largest absolute Gasteiger partial charge is 0.507 e. The molecule has 0 fully saturated rings. The van der Waals surface area contributed by atoms with Crippen molar-refractivity contribution in [2.24, 2.45) is 7.05 Å². The molecule has 0 saturated carbocycles. The van der Waals surface area contributed by atoms with Crippen molar-refractivity contribution in [1.29, 1.82) is 0 Å². The first-order valence-electron chi connectivity index (χ1n) is 14.7. The molecule has 1 atom stereocenters. The highest BCUT2D eigenvalue weighted by Crippen LogP contribution is 2.25. The Hall–Kier alpha value is -4.61. The van der Waals surface area contributed by atoms with E-state index in [4.69, 9.17) is 21.1 Å². The van der Waals surface area contributed by atoms with Crippen molar-refractivity contribution in [3.8, 4) is 17.2 Å². The molecule has 1 aromatic heterocycles. The lowest BCUT2D eigenvalue weighted by Gasteiger charge is -2.20. The predicted octanol–water partition coefficient (Wildman–Crippen LogP) is 3.72. The molecule has 1 amide bonds. The monoisotopic (exact) mass is 636 g/mol. The summed E-state index contributed by atoms with van der Waals surface area (Å²) in [5.41, 5.74) is 0.230. The Morgan fingerprint density at radius 2 is 1.76 bits per heavy atom. The Morgan fingerprint density at radius 3 is 2.42 bits per heavy atom. The normalized spacial score (nSPS) is 11.9. The van der Waals surface area contributed by atoms with Gasteiger partial charge in [-0.3, -0.25) is 14.2 Å². The van der Waals surface area contributed by atoms with Crippen LogP contribution in [0.2, 0.25) is 5.02 Å². The Morgan fingerprint density at radius 1 is 1.02 bits per heavy atom. The second-order valence-corrected chi connectivity index (χ2v) is 11.2. The van der Waals surface area contributed by atoms with E-state index in [1.807, 2.05) is 0 Å². The van der Waals surface area contributed by atoms with Crippen LogP contribution in [0.4, 0.5) is 0 Å². The Bertz CT molecular complexity index is 1780. The molecule has 0 bridgehead atoms. The highest BCUT2D eigenvalue weighted by atomic mass is 35.5. The van der Waals surface area contributed by atoms with Crippen LogP contribution in [0, 0.1) is 0 Å². The predicted molar refractivity (Wildman–Crippen MR) is 173 cm³/mol. The van der Waals surface area contributed by atoms with E-state index in [-0.39, 0.29) is 22.8 Å². The van der Waals surface area contributed by atoms with Gasteiger partial charge in [0.15, 0.2) is 0 Å². The molecule has 45 heavy (non-hydrogen) atoms. The number of fused-ring (bicyclic) bond motifs is 1. The molecule has 1 heterocycles. The summed E-state index contributed by atoms with van der Waals surface area (Å²) in [5, 5.41) is 16.4. The van der Waals surface area contributed by atoms with Crippen LogP contribution in [0.5, 0.6) is 11.5 Å². The number of aromatic hydroxyl groups is 1. The smallest absolute Gasteiger partial charge is 0.335 e. The lowest BCUT2D eigenvalue weighted by molar-refractivity contribution is -0.149. The van der Waals surface area contributed by atoms with Crippen molar-refractivity contribution in [3.05, 3.63) is 97.7 Å². The minimum atomic E-state index is -1.12. The maximum Gasteiger partial charge on any atom is 0.335 e. The van der Waals surface area contributed by atoms with Gasteiger partial charge in [-0.2, -0.15) is 0 Å². The van der Waals surface area contributed by atoms with Crippen molar-refractivity contribution in [3.63, 3.8) is 0 Å². The molecule has 3 N–H and O–H groups in total. The summed E-state index contributed by atoms with van der Waals surface area (Å²) in [4.78, 5) is 52.8. The summed E-state index contributed by atoms with van der Waals surface area (Å²) in [6.45, 7) is 7.44. The highest BCUT2D eigenvalue weighted by Gasteiger charge is 2.26. The molecule has 0 radical (unpaired) electrons. The van der Waals surface area contributed by atoms with E-state index in [0.717, 1.165) is 17.5 Å². The molecule has 1 unspecified atom stereocenters. The first kappa shape index (κ1) is 33.3. The third-order valence-corrected chi connectivity index (χ3v) is 7.33. The van der Waals surface area contributed by atoms with Crippen molar-refractivity contribution >= 4 is 34.4 Å². The fourth-order valence-corrected chi connectivity index (χ4v) is 5.05. The van der Waals surface area contributed by atoms with E-state index in [2.05, 4.69) is 17.6 Å². The summed E-state index contributed by atoms with van der Waals surface area (Å²) in [5.74, 6) is -1.23. The van der Waals surface area contributed by atoms with Gasteiger partial charge < -0.3 is 25.2 Å². The maximum absolute atomic E-state index is 13.6. The zero-order chi connectivity index (χ0) is 32.7. The zero-order valence-corrected chi connectivity index (χ0v) is 26.4. The maximum atomic E-state index is 13.6. The van der Waals surface area contributed by atoms with E-state index >= 15 is 0 Å². The molecule has 238 valence electrons. The van der Waals surface area contributed by atoms with Gasteiger partial charge in [0.25, 0.3) is 11.5 Å². The van der Waals surface area contributed by atoms with Crippen molar-refractivity contribution in [2.75, 3.05) is 19.7 Å². The number of ether oxygens (including phenoxy) is 2. The topological polar surface area (TPSA) is 141 Å². The number of aromatic nitrogens is 2. The number of carbonyl (C=O) groups excluding carboxylic acids is 2. The second kappa shape index (κ2) is 14.9. The third-order valence-electron chi connectivity index (χ3n) is 7.01.